The molecule has 0 heterocycles. The Balaban J connectivity index is -0.000000720. The third-order valence-corrected chi connectivity index (χ3v) is 2.56. The van der Waals surface area contributed by atoms with Crippen LogP contribution in [0.25, 0.3) is 0 Å². The number of hydrogen-bond donors (Lipinski definition) is 1. The van der Waals surface area contributed by atoms with Gasteiger partial charge < -0.3 is 11.2 Å². The predicted octanol–water partition coefficient (Wildman–Crippen LogP) is 0.693. The van der Waals surface area contributed by atoms with Crippen LogP contribution in [0.5, 0.6) is 0 Å². The molecule has 0 aromatic rings. The third-order valence-electron chi connectivity index (χ3n) is 2.56. The van der Waals surface area contributed by atoms with Crippen molar-refractivity contribution in [2.24, 2.45) is 5.73 Å². The molecule has 3 heteroatoms. The number of rotatable bonds is 10. The normalized spacial score (nSPS) is 9.20. The van der Waals surface area contributed by atoms with Crippen molar-refractivity contribution in [1.29, 1.82) is 0 Å². The molecule has 0 aromatic heterocycles. The largest absolute Gasteiger partial charge is 1.00 e. The fourth-order valence-electron chi connectivity index (χ4n) is 1.63. The molecule has 0 aromatic carbocycles. The van der Waals surface area contributed by atoms with Crippen LogP contribution in [-0.2, 0) is 0 Å². The molecule has 0 fully saturated rings. The summed E-state index contributed by atoms with van der Waals surface area (Å²) in [5.74, 6) is 0. The summed E-state index contributed by atoms with van der Waals surface area (Å²) in [5, 5.41) is 0. The van der Waals surface area contributed by atoms with E-state index in [0.717, 1.165) is 6.54 Å². The molecule has 0 atom stereocenters. The standard InChI is InChI=1S/C12H27N.Na.H2O/c1-2-3-4-5-6-7-8-9-10-11-12-13;;/h2-13H2,1H3;;1H2/q;+1;/p-1. The topological polar surface area (TPSA) is 56.0 Å². The summed E-state index contributed by atoms with van der Waals surface area (Å²) in [4.78, 5) is 0. The van der Waals surface area contributed by atoms with E-state index in [2.05, 4.69) is 6.92 Å². The minimum Gasteiger partial charge on any atom is -0.870 e. The molecule has 0 saturated carbocycles. The summed E-state index contributed by atoms with van der Waals surface area (Å²) in [6.45, 7) is 3.14. The van der Waals surface area contributed by atoms with Gasteiger partial charge in [-0.2, -0.15) is 0 Å². The van der Waals surface area contributed by atoms with Gasteiger partial charge in [-0.05, 0) is 13.0 Å². The average Bonchev–Trinajstić information content (AvgIpc) is 2.16. The molecule has 0 spiro atoms. The first-order chi connectivity index (χ1) is 6.41. The molecule has 0 rings (SSSR count). The third kappa shape index (κ3) is 20.9. The molecule has 0 bridgehead atoms. The van der Waals surface area contributed by atoms with Gasteiger partial charge in [0, 0.05) is 0 Å². The summed E-state index contributed by atoms with van der Waals surface area (Å²) in [6.07, 6.45) is 13.9. The minimum atomic E-state index is 0. The Morgan fingerprint density at radius 2 is 1.00 bits per heavy atom. The van der Waals surface area contributed by atoms with Crippen molar-refractivity contribution < 1.29 is 35.0 Å². The maximum atomic E-state index is 5.42. The smallest absolute Gasteiger partial charge is 0.870 e. The molecule has 0 unspecified atom stereocenters. The van der Waals surface area contributed by atoms with Gasteiger partial charge in [0.05, 0.1) is 0 Å². The van der Waals surface area contributed by atoms with E-state index in [1.165, 1.54) is 64.2 Å². The monoisotopic (exact) mass is 225 g/mol. The van der Waals surface area contributed by atoms with Crippen LogP contribution in [0, 0.1) is 0 Å². The molecular weight excluding hydrogens is 197 g/mol. The van der Waals surface area contributed by atoms with Crippen LogP contribution in [-0.4, -0.2) is 12.0 Å². The Bertz CT molecular complexity index is 81.7. The van der Waals surface area contributed by atoms with Gasteiger partial charge in [0.2, 0.25) is 0 Å². The van der Waals surface area contributed by atoms with E-state index >= 15 is 0 Å². The van der Waals surface area contributed by atoms with Gasteiger partial charge in [-0.1, -0.05) is 64.7 Å². The van der Waals surface area contributed by atoms with Crippen molar-refractivity contribution in [3.05, 3.63) is 0 Å². The van der Waals surface area contributed by atoms with Crippen LogP contribution in [0.3, 0.4) is 0 Å². The van der Waals surface area contributed by atoms with E-state index in [1.54, 1.807) is 0 Å². The van der Waals surface area contributed by atoms with Gasteiger partial charge in [0.15, 0.2) is 0 Å². The predicted molar refractivity (Wildman–Crippen MR) is 62.8 cm³/mol. The van der Waals surface area contributed by atoms with Gasteiger partial charge in [0.25, 0.3) is 0 Å². The van der Waals surface area contributed by atoms with E-state index in [4.69, 9.17) is 5.73 Å². The molecule has 0 saturated heterocycles. The van der Waals surface area contributed by atoms with E-state index in [-0.39, 0.29) is 35.0 Å². The first-order valence-electron chi connectivity index (χ1n) is 6.12. The molecular formula is C12H28NNaO. The number of unbranched alkanes of at least 4 members (excludes halogenated alkanes) is 9. The zero-order valence-electron chi connectivity index (χ0n) is 10.8. The zero-order valence-corrected chi connectivity index (χ0v) is 12.8. The van der Waals surface area contributed by atoms with Gasteiger partial charge in [-0.3, -0.25) is 0 Å². The molecule has 0 aliphatic carbocycles. The van der Waals surface area contributed by atoms with Gasteiger partial charge in [0.1, 0.15) is 0 Å². The van der Waals surface area contributed by atoms with Crippen LogP contribution in [0.2, 0.25) is 0 Å². The molecule has 88 valence electrons. The average molecular weight is 225 g/mol. The second-order valence-corrected chi connectivity index (χ2v) is 3.97. The summed E-state index contributed by atoms with van der Waals surface area (Å²) in [5.41, 5.74) is 5.42. The summed E-state index contributed by atoms with van der Waals surface area (Å²) < 4.78 is 0. The second kappa shape index (κ2) is 20.3. The summed E-state index contributed by atoms with van der Waals surface area (Å²) >= 11 is 0. The fourth-order valence-corrected chi connectivity index (χ4v) is 1.63. The van der Waals surface area contributed by atoms with Crippen molar-refractivity contribution in [2.45, 2.75) is 71.1 Å². The van der Waals surface area contributed by atoms with Gasteiger partial charge in [-0.15, -0.1) is 0 Å². The maximum absolute atomic E-state index is 5.42. The number of hydrogen-bond acceptors (Lipinski definition) is 2. The van der Waals surface area contributed by atoms with Crippen LogP contribution < -0.4 is 35.3 Å². The van der Waals surface area contributed by atoms with Crippen molar-refractivity contribution >= 4 is 0 Å². The maximum Gasteiger partial charge on any atom is 1.00 e. The fraction of sp³-hybridized carbons (Fsp3) is 1.00. The Kier molecular flexibility index (Phi) is 28.8. The molecule has 0 radical (unpaired) electrons. The molecule has 0 amide bonds. The first kappa shape index (κ1) is 21.2. The van der Waals surface area contributed by atoms with E-state index < -0.39 is 0 Å². The Morgan fingerprint density at radius 3 is 1.33 bits per heavy atom. The van der Waals surface area contributed by atoms with Crippen molar-refractivity contribution in [3.8, 4) is 0 Å². The van der Waals surface area contributed by atoms with Crippen LogP contribution in [0.15, 0.2) is 0 Å². The molecule has 2 nitrogen and oxygen atoms in total. The van der Waals surface area contributed by atoms with E-state index in [9.17, 15) is 0 Å². The van der Waals surface area contributed by atoms with E-state index in [1.807, 2.05) is 0 Å². The van der Waals surface area contributed by atoms with Gasteiger partial charge in [-0.25, -0.2) is 0 Å². The minimum absolute atomic E-state index is 0. The Labute approximate surface area is 118 Å². The van der Waals surface area contributed by atoms with Crippen LogP contribution in [0.4, 0.5) is 0 Å². The van der Waals surface area contributed by atoms with Crippen LogP contribution in [0.1, 0.15) is 71.1 Å². The second-order valence-electron chi connectivity index (χ2n) is 3.97. The molecule has 0 aliphatic rings. The van der Waals surface area contributed by atoms with Crippen molar-refractivity contribution in [1.82, 2.24) is 0 Å². The molecule has 0 aliphatic heterocycles. The zero-order chi connectivity index (χ0) is 9.78. The SMILES string of the molecule is CCCCCCCCCCCCN.[Na+].[OH-]. The molecule has 15 heavy (non-hydrogen) atoms. The summed E-state index contributed by atoms with van der Waals surface area (Å²) in [6, 6.07) is 0. The number of nitrogens with two attached hydrogens (primary N) is 1. The Morgan fingerprint density at radius 1 is 0.667 bits per heavy atom. The van der Waals surface area contributed by atoms with Crippen molar-refractivity contribution in [3.63, 3.8) is 0 Å². The summed E-state index contributed by atoms with van der Waals surface area (Å²) in [7, 11) is 0. The van der Waals surface area contributed by atoms with E-state index in [0.29, 0.717) is 0 Å². The molecule has 3 N–H and O–H groups in total. The first-order valence-corrected chi connectivity index (χ1v) is 6.12. The van der Waals surface area contributed by atoms with Crippen molar-refractivity contribution in [2.75, 3.05) is 6.54 Å². The Hall–Kier alpha value is 0.920. The van der Waals surface area contributed by atoms with Gasteiger partial charge >= 0.3 is 29.6 Å². The quantitative estimate of drug-likeness (QED) is 0.439. The van der Waals surface area contributed by atoms with Crippen LogP contribution >= 0.6 is 0 Å².